The van der Waals surface area contributed by atoms with Gasteiger partial charge in [0.2, 0.25) is 0 Å². The molecule has 0 aromatic heterocycles. The number of methoxy groups -OCH3 is 2. The van der Waals surface area contributed by atoms with Gasteiger partial charge in [-0.2, -0.15) is 0 Å². The summed E-state index contributed by atoms with van der Waals surface area (Å²) in [6, 6.07) is 24.4. The van der Waals surface area contributed by atoms with Gasteiger partial charge in [0.1, 0.15) is 11.5 Å². The van der Waals surface area contributed by atoms with E-state index in [4.69, 9.17) is 32.7 Å². The normalized spacial score (nSPS) is 17.2. The van der Waals surface area contributed by atoms with Crippen molar-refractivity contribution >= 4 is 52.5 Å². The molecular formula is C36H24Cl2FNO4. The van der Waals surface area contributed by atoms with E-state index in [0.29, 0.717) is 21.3 Å². The van der Waals surface area contributed by atoms with Crippen molar-refractivity contribution in [3.05, 3.63) is 146 Å². The smallest absolute Gasteiger partial charge is 0.355 e. The number of para-hydroxylation sites is 1. The molecule has 4 aromatic carbocycles. The third-order valence-electron chi connectivity index (χ3n) is 8.58. The number of allylic oxidation sites excluding steroid dienone is 2. The Morgan fingerprint density at radius 1 is 0.795 bits per heavy atom. The fourth-order valence-electron chi connectivity index (χ4n) is 6.93. The second-order valence-electron chi connectivity index (χ2n) is 10.7. The second-order valence-corrected chi connectivity index (χ2v) is 11.6. The van der Waals surface area contributed by atoms with E-state index in [1.54, 1.807) is 18.2 Å². The van der Waals surface area contributed by atoms with Crippen molar-refractivity contribution in [1.29, 1.82) is 0 Å². The molecule has 1 atom stereocenters. The van der Waals surface area contributed by atoms with Gasteiger partial charge >= 0.3 is 11.9 Å². The van der Waals surface area contributed by atoms with Crippen LogP contribution >= 0.6 is 23.2 Å². The van der Waals surface area contributed by atoms with Crippen LogP contribution in [0.25, 0.3) is 22.8 Å². The molecule has 1 aliphatic carbocycles. The van der Waals surface area contributed by atoms with Gasteiger partial charge < -0.3 is 14.4 Å². The fourth-order valence-corrected chi connectivity index (χ4v) is 7.28. The molecule has 0 saturated heterocycles. The average Bonchev–Trinajstić information content (AvgIpc) is 3.49. The fraction of sp³-hybridized carbons (Fsp3) is 0.111. The standard InChI is InChI=1S/C36H24Cl2FNO4/c1-43-34(41)32-33(35(42)44-2)40-30-9-4-3-8-25(30)21(11-10-20-6-5-7-24(39)16-20)17-31(40)36(32)28-18-22(37)12-14-26(28)27-15-13-23(38)19-29(27)36/h3-19,31H,1-2H3/b11-10+. The Balaban J connectivity index is 1.60. The molecular weight excluding hydrogens is 600 g/mol. The Hall–Kier alpha value is -4.65. The molecule has 0 radical (unpaired) electrons. The van der Waals surface area contributed by atoms with Gasteiger partial charge in [0.25, 0.3) is 0 Å². The van der Waals surface area contributed by atoms with Crippen LogP contribution in [-0.4, -0.2) is 32.2 Å². The van der Waals surface area contributed by atoms with E-state index in [1.165, 1.54) is 26.4 Å². The Labute approximate surface area is 263 Å². The summed E-state index contributed by atoms with van der Waals surface area (Å²) in [7, 11) is 2.58. The Bertz CT molecular complexity index is 1940. The molecule has 1 spiro atoms. The van der Waals surface area contributed by atoms with Crippen LogP contribution in [0.4, 0.5) is 10.1 Å². The Kier molecular flexibility index (Phi) is 6.72. The van der Waals surface area contributed by atoms with Crippen molar-refractivity contribution in [3.8, 4) is 11.1 Å². The number of rotatable bonds is 4. The highest BCUT2D eigenvalue weighted by Gasteiger charge is 2.63. The van der Waals surface area contributed by atoms with Crippen molar-refractivity contribution in [2.45, 2.75) is 11.5 Å². The van der Waals surface area contributed by atoms with Gasteiger partial charge in [-0.15, -0.1) is 0 Å². The summed E-state index contributed by atoms with van der Waals surface area (Å²) < 4.78 is 24.8. The topological polar surface area (TPSA) is 55.8 Å². The largest absolute Gasteiger partial charge is 0.466 e. The summed E-state index contributed by atoms with van der Waals surface area (Å²) in [6.07, 6.45) is 5.78. The molecule has 8 heteroatoms. The maximum atomic E-state index is 14.0. The van der Waals surface area contributed by atoms with E-state index in [9.17, 15) is 14.0 Å². The van der Waals surface area contributed by atoms with Gasteiger partial charge in [-0.3, -0.25) is 0 Å². The van der Waals surface area contributed by atoms with Gasteiger partial charge in [-0.1, -0.05) is 83.9 Å². The highest BCUT2D eigenvalue weighted by molar-refractivity contribution is 6.31. The third-order valence-corrected chi connectivity index (χ3v) is 9.05. The van der Waals surface area contributed by atoms with Crippen LogP contribution in [0.15, 0.2) is 108 Å². The molecule has 0 fully saturated rings. The first-order chi connectivity index (χ1) is 21.3. The summed E-state index contributed by atoms with van der Waals surface area (Å²) in [4.78, 5) is 29.7. The van der Waals surface area contributed by atoms with E-state index < -0.39 is 23.4 Å². The van der Waals surface area contributed by atoms with E-state index in [2.05, 4.69) is 0 Å². The number of benzene rings is 4. The molecule has 4 aromatic rings. The van der Waals surface area contributed by atoms with E-state index in [-0.39, 0.29) is 17.1 Å². The molecule has 218 valence electrons. The van der Waals surface area contributed by atoms with E-state index in [0.717, 1.165) is 33.4 Å². The number of fused-ring (bicyclic) bond motifs is 9. The predicted molar refractivity (Wildman–Crippen MR) is 170 cm³/mol. The molecule has 0 N–H and O–H groups in total. The van der Waals surface area contributed by atoms with E-state index >= 15 is 0 Å². The number of nitrogens with zero attached hydrogens (tertiary/aromatic N) is 1. The SMILES string of the molecule is COC(=O)C1=C(C(=O)OC)C2(c3cc(Cl)ccc3-c3ccc(Cl)cc32)C2C=C(/C=C/c3cccc(F)c3)c3ccccc3N12. The molecule has 2 aliphatic heterocycles. The van der Waals surface area contributed by atoms with Crippen LogP contribution in [0.5, 0.6) is 0 Å². The van der Waals surface area contributed by atoms with Crippen molar-refractivity contribution < 1.29 is 23.5 Å². The molecule has 3 aliphatic rings. The summed E-state index contributed by atoms with van der Waals surface area (Å²) in [6.45, 7) is 0. The van der Waals surface area contributed by atoms with Crippen LogP contribution in [0.3, 0.4) is 0 Å². The van der Waals surface area contributed by atoms with Gasteiger partial charge in [-0.05, 0) is 75.9 Å². The first-order valence-electron chi connectivity index (χ1n) is 13.9. The lowest BCUT2D eigenvalue weighted by Gasteiger charge is -2.41. The van der Waals surface area contributed by atoms with Crippen molar-refractivity contribution in [2.24, 2.45) is 0 Å². The van der Waals surface area contributed by atoms with Crippen LogP contribution < -0.4 is 4.90 Å². The van der Waals surface area contributed by atoms with Crippen molar-refractivity contribution in [3.63, 3.8) is 0 Å². The lowest BCUT2D eigenvalue weighted by Crippen LogP contribution is -2.46. The maximum Gasteiger partial charge on any atom is 0.355 e. The molecule has 0 bridgehead atoms. The number of carbonyl (C=O) groups is 2. The maximum absolute atomic E-state index is 14.0. The zero-order chi connectivity index (χ0) is 30.7. The zero-order valence-corrected chi connectivity index (χ0v) is 25.1. The van der Waals surface area contributed by atoms with Crippen LogP contribution in [-0.2, 0) is 24.5 Å². The van der Waals surface area contributed by atoms with Crippen molar-refractivity contribution in [1.82, 2.24) is 0 Å². The lowest BCUT2D eigenvalue weighted by atomic mass is 9.67. The summed E-state index contributed by atoms with van der Waals surface area (Å²) in [5, 5.41) is 0.937. The minimum absolute atomic E-state index is 0.0694. The first-order valence-corrected chi connectivity index (χ1v) is 14.6. The second kappa shape index (κ2) is 10.5. The molecule has 0 saturated carbocycles. The zero-order valence-electron chi connectivity index (χ0n) is 23.6. The highest BCUT2D eigenvalue weighted by atomic mass is 35.5. The molecule has 5 nitrogen and oxygen atoms in total. The first kappa shape index (κ1) is 28.1. The van der Waals surface area contributed by atoms with Crippen LogP contribution in [0, 0.1) is 5.82 Å². The number of esters is 2. The number of halogens is 3. The summed E-state index contributed by atoms with van der Waals surface area (Å²) in [5.41, 5.74) is 5.14. The van der Waals surface area contributed by atoms with Crippen LogP contribution in [0.1, 0.15) is 22.3 Å². The quantitative estimate of drug-likeness (QED) is 0.216. The lowest BCUT2D eigenvalue weighted by molar-refractivity contribution is -0.139. The average molecular weight is 624 g/mol. The molecule has 44 heavy (non-hydrogen) atoms. The summed E-state index contributed by atoms with van der Waals surface area (Å²) in [5.74, 6) is -1.71. The number of carbonyl (C=O) groups excluding carboxylic acids is 2. The summed E-state index contributed by atoms with van der Waals surface area (Å²) >= 11 is 13.3. The minimum Gasteiger partial charge on any atom is -0.466 e. The number of ether oxygens (including phenoxy) is 2. The van der Waals surface area contributed by atoms with Gasteiger partial charge in [0, 0.05) is 21.3 Å². The Morgan fingerprint density at radius 3 is 2.09 bits per heavy atom. The van der Waals surface area contributed by atoms with E-state index in [1.807, 2.05) is 77.7 Å². The van der Waals surface area contributed by atoms with Gasteiger partial charge in [0.05, 0.1) is 31.2 Å². The molecule has 2 heterocycles. The number of hydrogen-bond donors (Lipinski definition) is 0. The number of hydrogen-bond acceptors (Lipinski definition) is 5. The minimum atomic E-state index is -1.26. The Morgan fingerprint density at radius 2 is 1.45 bits per heavy atom. The monoisotopic (exact) mass is 623 g/mol. The molecule has 1 unspecified atom stereocenters. The van der Waals surface area contributed by atoms with Crippen LogP contribution in [0.2, 0.25) is 10.0 Å². The molecule has 7 rings (SSSR count). The highest BCUT2D eigenvalue weighted by Crippen LogP contribution is 2.63. The third kappa shape index (κ3) is 3.98. The molecule has 0 amide bonds. The van der Waals surface area contributed by atoms with Gasteiger partial charge in [-0.25, -0.2) is 14.0 Å². The number of anilines is 1. The van der Waals surface area contributed by atoms with Gasteiger partial charge in [0.15, 0.2) is 0 Å². The van der Waals surface area contributed by atoms with Crippen molar-refractivity contribution in [2.75, 3.05) is 19.1 Å². The predicted octanol–water partition coefficient (Wildman–Crippen LogP) is 8.00.